The van der Waals surface area contributed by atoms with Gasteiger partial charge < -0.3 is 10.4 Å². The molecule has 10 heteroatoms. The van der Waals surface area contributed by atoms with Crippen molar-refractivity contribution in [2.24, 2.45) is 5.10 Å². The molecule has 0 unspecified atom stereocenters. The summed E-state index contributed by atoms with van der Waals surface area (Å²) in [5.74, 6) is -1.42. The highest BCUT2D eigenvalue weighted by atomic mass is 32.1. The van der Waals surface area contributed by atoms with E-state index in [9.17, 15) is 24.8 Å². The number of nitro groups is 1. The van der Waals surface area contributed by atoms with E-state index in [4.69, 9.17) is 0 Å². The van der Waals surface area contributed by atoms with Crippen molar-refractivity contribution in [1.29, 1.82) is 0 Å². The number of non-ortho nitro benzene ring substituents is 1. The van der Waals surface area contributed by atoms with Crippen LogP contribution >= 0.6 is 11.3 Å². The van der Waals surface area contributed by atoms with Crippen LogP contribution in [0, 0.1) is 10.1 Å². The summed E-state index contributed by atoms with van der Waals surface area (Å²) in [4.78, 5) is 36.1. The van der Waals surface area contributed by atoms with Gasteiger partial charge in [0.25, 0.3) is 17.5 Å². The summed E-state index contributed by atoms with van der Waals surface area (Å²) in [6.07, 6.45) is 2.57. The van der Waals surface area contributed by atoms with Crippen LogP contribution in [0.15, 0.2) is 76.8 Å². The van der Waals surface area contributed by atoms with Crippen molar-refractivity contribution < 1.29 is 19.6 Å². The van der Waals surface area contributed by atoms with Gasteiger partial charge in [-0.1, -0.05) is 24.3 Å². The molecule has 0 atom stereocenters. The van der Waals surface area contributed by atoms with E-state index >= 15 is 0 Å². The lowest BCUT2D eigenvalue weighted by atomic mass is 10.2. The third-order valence-electron chi connectivity index (χ3n) is 3.95. The summed E-state index contributed by atoms with van der Waals surface area (Å²) in [5.41, 5.74) is 2.39. The maximum atomic E-state index is 12.6. The Kier molecular flexibility index (Phi) is 6.86. The molecule has 3 aromatic rings. The van der Waals surface area contributed by atoms with Gasteiger partial charge in [0.05, 0.1) is 11.1 Å². The number of benzene rings is 2. The molecule has 0 spiro atoms. The minimum atomic E-state index is -0.709. The average Bonchev–Trinajstić information content (AvgIpc) is 3.28. The molecule has 0 radical (unpaired) electrons. The number of amides is 2. The van der Waals surface area contributed by atoms with E-state index in [-0.39, 0.29) is 22.7 Å². The van der Waals surface area contributed by atoms with Gasteiger partial charge in [-0.15, -0.1) is 11.3 Å². The fourth-order valence-electron chi connectivity index (χ4n) is 2.44. The zero-order valence-corrected chi connectivity index (χ0v) is 16.7. The second-order valence-corrected chi connectivity index (χ2v) is 7.07. The summed E-state index contributed by atoms with van der Waals surface area (Å²) in [6.45, 7) is 0. The van der Waals surface area contributed by atoms with Gasteiger partial charge in [-0.2, -0.15) is 5.10 Å². The molecule has 3 rings (SSSR count). The first-order chi connectivity index (χ1) is 14.9. The molecule has 2 aromatic carbocycles. The molecule has 0 bridgehead atoms. The molecule has 0 aliphatic heterocycles. The lowest BCUT2D eigenvalue weighted by Crippen LogP contribution is -2.32. The molecule has 156 valence electrons. The van der Waals surface area contributed by atoms with E-state index in [0.29, 0.717) is 5.56 Å². The van der Waals surface area contributed by atoms with Crippen molar-refractivity contribution in [3.05, 3.63) is 97.9 Å². The molecule has 3 N–H and O–H groups in total. The minimum absolute atomic E-state index is 0.0447. The molecule has 0 saturated heterocycles. The van der Waals surface area contributed by atoms with Crippen LogP contribution in [-0.4, -0.2) is 28.1 Å². The van der Waals surface area contributed by atoms with Crippen molar-refractivity contribution in [3.63, 3.8) is 0 Å². The molecule has 1 heterocycles. The molecule has 0 fully saturated rings. The third kappa shape index (κ3) is 5.84. The van der Waals surface area contributed by atoms with Crippen molar-refractivity contribution in [2.75, 3.05) is 0 Å². The first-order valence-electron chi connectivity index (χ1n) is 8.86. The average molecular weight is 436 g/mol. The number of aromatic hydroxyl groups is 1. The number of phenols is 1. The number of nitro benzene ring substituents is 1. The number of nitrogens with one attached hydrogen (secondary N) is 2. The number of rotatable bonds is 7. The summed E-state index contributed by atoms with van der Waals surface area (Å²) in [7, 11) is 0. The second kappa shape index (κ2) is 9.94. The molecule has 0 saturated carbocycles. The van der Waals surface area contributed by atoms with Crippen LogP contribution in [-0.2, 0) is 4.79 Å². The molecule has 9 nitrogen and oxygen atoms in total. The Hall–Kier alpha value is -4.31. The Morgan fingerprint density at radius 1 is 1.10 bits per heavy atom. The van der Waals surface area contributed by atoms with Crippen molar-refractivity contribution >= 4 is 41.1 Å². The molecular formula is C21H16N4O5S. The van der Waals surface area contributed by atoms with Crippen LogP contribution in [0.3, 0.4) is 0 Å². The summed E-state index contributed by atoms with van der Waals surface area (Å²) >= 11 is 1.38. The SMILES string of the molecule is O=C(N/N=C\c1cc([N+](=O)[O-])ccc1O)/C(=C\c1cccs1)NC(=O)c1ccccc1. The van der Waals surface area contributed by atoms with Crippen molar-refractivity contribution in [3.8, 4) is 5.75 Å². The number of hydrazone groups is 1. The second-order valence-electron chi connectivity index (χ2n) is 6.09. The number of hydrogen-bond acceptors (Lipinski definition) is 7. The minimum Gasteiger partial charge on any atom is -0.507 e. The Labute approximate surface area is 180 Å². The fourth-order valence-corrected chi connectivity index (χ4v) is 3.09. The first-order valence-corrected chi connectivity index (χ1v) is 9.74. The highest BCUT2D eigenvalue weighted by molar-refractivity contribution is 7.10. The third-order valence-corrected chi connectivity index (χ3v) is 4.77. The number of thiophene rings is 1. The van der Waals surface area contributed by atoms with Crippen LogP contribution < -0.4 is 10.7 Å². The predicted octanol–water partition coefficient (Wildman–Crippen LogP) is 3.28. The molecule has 2 amide bonds. The number of phenolic OH excluding ortho intramolecular Hbond substituents is 1. The summed E-state index contributed by atoms with van der Waals surface area (Å²) in [5, 5.41) is 28.8. The van der Waals surface area contributed by atoms with Crippen LogP contribution in [0.1, 0.15) is 20.8 Å². The van der Waals surface area contributed by atoms with Gasteiger partial charge in [-0.25, -0.2) is 5.43 Å². The standard InChI is InChI=1S/C21H16N4O5S/c26-19-9-8-16(25(29)30)11-15(19)13-22-24-21(28)18(12-17-7-4-10-31-17)23-20(27)14-5-2-1-3-6-14/h1-13,26H,(H,23,27)(H,24,28)/b18-12+,22-13-. The highest BCUT2D eigenvalue weighted by Crippen LogP contribution is 2.21. The maximum Gasteiger partial charge on any atom is 0.287 e. The quantitative estimate of drug-likeness (QED) is 0.226. The zero-order valence-electron chi connectivity index (χ0n) is 15.9. The zero-order chi connectivity index (χ0) is 22.2. The number of nitrogens with zero attached hydrogens (tertiary/aromatic N) is 2. The van der Waals surface area contributed by atoms with Crippen LogP contribution in [0.2, 0.25) is 0 Å². The normalized spacial score (nSPS) is 11.3. The van der Waals surface area contributed by atoms with Gasteiger partial charge in [-0.3, -0.25) is 19.7 Å². The van der Waals surface area contributed by atoms with Gasteiger partial charge in [0.15, 0.2) is 0 Å². The first kappa shape index (κ1) is 21.4. The van der Waals surface area contributed by atoms with E-state index in [2.05, 4.69) is 15.8 Å². The number of carbonyl (C=O) groups is 2. The maximum absolute atomic E-state index is 12.6. The summed E-state index contributed by atoms with van der Waals surface area (Å²) in [6, 6.07) is 15.4. The predicted molar refractivity (Wildman–Crippen MR) is 117 cm³/mol. The fraction of sp³-hybridized carbons (Fsp3) is 0. The molecule has 0 aliphatic carbocycles. The Morgan fingerprint density at radius 2 is 1.87 bits per heavy atom. The van der Waals surface area contributed by atoms with Crippen molar-refractivity contribution in [1.82, 2.24) is 10.7 Å². The highest BCUT2D eigenvalue weighted by Gasteiger charge is 2.15. The molecular weight excluding hydrogens is 420 g/mol. The lowest BCUT2D eigenvalue weighted by Gasteiger charge is -2.08. The largest absolute Gasteiger partial charge is 0.507 e. The Bertz CT molecular complexity index is 1160. The van der Waals surface area contributed by atoms with Crippen LogP contribution in [0.25, 0.3) is 6.08 Å². The van der Waals surface area contributed by atoms with E-state index in [1.54, 1.807) is 42.5 Å². The van der Waals surface area contributed by atoms with Gasteiger partial charge >= 0.3 is 0 Å². The van der Waals surface area contributed by atoms with E-state index in [1.807, 2.05) is 5.38 Å². The summed E-state index contributed by atoms with van der Waals surface area (Å²) < 4.78 is 0. The van der Waals surface area contributed by atoms with Crippen LogP contribution in [0.4, 0.5) is 5.69 Å². The van der Waals surface area contributed by atoms with E-state index < -0.39 is 16.7 Å². The number of carbonyl (C=O) groups excluding carboxylic acids is 2. The van der Waals surface area contributed by atoms with Gasteiger partial charge in [-0.05, 0) is 35.7 Å². The van der Waals surface area contributed by atoms with Gasteiger partial charge in [0.1, 0.15) is 11.4 Å². The van der Waals surface area contributed by atoms with Crippen LogP contribution in [0.5, 0.6) is 5.75 Å². The topological polar surface area (TPSA) is 134 Å². The van der Waals surface area contributed by atoms with E-state index in [0.717, 1.165) is 29.3 Å². The van der Waals surface area contributed by atoms with E-state index in [1.165, 1.54) is 17.4 Å². The Balaban J connectivity index is 1.78. The van der Waals surface area contributed by atoms with Crippen molar-refractivity contribution in [2.45, 2.75) is 0 Å². The van der Waals surface area contributed by atoms with Gasteiger partial charge in [0.2, 0.25) is 0 Å². The van der Waals surface area contributed by atoms with Gasteiger partial charge in [0, 0.05) is 28.1 Å². The molecule has 1 aromatic heterocycles. The smallest absolute Gasteiger partial charge is 0.287 e. The lowest BCUT2D eigenvalue weighted by molar-refractivity contribution is -0.384. The Morgan fingerprint density at radius 3 is 2.55 bits per heavy atom. The molecule has 31 heavy (non-hydrogen) atoms. The number of hydrogen-bond donors (Lipinski definition) is 3. The monoisotopic (exact) mass is 436 g/mol. The molecule has 0 aliphatic rings.